The van der Waals surface area contributed by atoms with Gasteiger partial charge in [-0.3, -0.25) is 0 Å². The fourth-order valence-corrected chi connectivity index (χ4v) is 2.21. The number of nitrogens with one attached hydrogen (secondary N) is 1. The van der Waals surface area contributed by atoms with Gasteiger partial charge in [-0.15, -0.1) is 0 Å². The van der Waals surface area contributed by atoms with Gasteiger partial charge in [0.25, 0.3) is 0 Å². The van der Waals surface area contributed by atoms with Gasteiger partial charge in [-0.1, -0.05) is 0 Å². The molecule has 2 rings (SSSR count). The summed E-state index contributed by atoms with van der Waals surface area (Å²) in [4.78, 5) is 0. The molecule has 1 saturated heterocycles. The van der Waals surface area contributed by atoms with E-state index in [2.05, 4.69) is 5.32 Å². The van der Waals surface area contributed by atoms with Crippen molar-refractivity contribution < 1.29 is 20.4 Å². The van der Waals surface area contributed by atoms with Crippen molar-refractivity contribution in [3.8, 4) is 17.2 Å². The molecule has 0 bridgehead atoms. The molecule has 0 aromatic heterocycles. The number of hydrogen-bond acceptors (Lipinski definition) is 5. The van der Waals surface area contributed by atoms with Crippen molar-refractivity contribution in [1.82, 2.24) is 5.32 Å². The van der Waals surface area contributed by atoms with Crippen LogP contribution in [0.1, 0.15) is 18.4 Å². The van der Waals surface area contributed by atoms with Crippen LogP contribution >= 0.6 is 0 Å². The van der Waals surface area contributed by atoms with Gasteiger partial charge in [-0.2, -0.15) is 0 Å². The van der Waals surface area contributed by atoms with Crippen LogP contribution in [-0.4, -0.2) is 39.1 Å². The lowest BCUT2D eigenvalue weighted by Crippen LogP contribution is -2.43. The van der Waals surface area contributed by atoms with Crippen LogP contribution in [0.4, 0.5) is 0 Å². The topological polar surface area (TPSA) is 93.0 Å². The summed E-state index contributed by atoms with van der Waals surface area (Å²) in [7, 11) is 0. The first-order chi connectivity index (χ1) is 8.00. The summed E-state index contributed by atoms with van der Waals surface area (Å²) >= 11 is 0. The van der Waals surface area contributed by atoms with Gasteiger partial charge in [0.2, 0.25) is 0 Å². The van der Waals surface area contributed by atoms with E-state index in [-0.39, 0.29) is 29.2 Å². The molecule has 0 saturated carbocycles. The van der Waals surface area contributed by atoms with E-state index in [1.54, 1.807) is 0 Å². The van der Waals surface area contributed by atoms with Crippen molar-refractivity contribution in [2.75, 3.05) is 13.1 Å². The van der Waals surface area contributed by atoms with E-state index < -0.39 is 5.60 Å². The highest BCUT2D eigenvalue weighted by atomic mass is 16.3. The Morgan fingerprint density at radius 2 is 1.59 bits per heavy atom. The SMILES string of the molecule is Oc1cc(O)c(CC2(O)CCNCC2)c(O)c1. The van der Waals surface area contributed by atoms with Gasteiger partial charge in [0.05, 0.1) is 5.60 Å². The van der Waals surface area contributed by atoms with Crippen molar-refractivity contribution in [3.05, 3.63) is 17.7 Å². The zero-order chi connectivity index (χ0) is 12.5. The average Bonchev–Trinajstić information content (AvgIpc) is 2.24. The second-order valence-electron chi connectivity index (χ2n) is 4.61. The number of piperidine rings is 1. The molecule has 1 heterocycles. The molecule has 0 atom stereocenters. The third-order valence-electron chi connectivity index (χ3n) is 3.23. The van der Waals surface area contributed by atoms with Crippen LogP contribution < -0.4 is 5.32 Å². The monoisotopic (exact) mass is 239 g/mol. The number of rotatable bonds is 2. The van der Waals surface area contributed by atoms with E-state index in [0.717, 1.165) is 13.1 Å². The highest BCUT2D eigenvalue weighted by molar-refractivity contribution is 5.49. The molecule has 1 fully saturated rings. The standard InChI is InChI=1S/C12H17NO4/c14-8-5-10(15)9(11(16)6-8)7-12(17)1-3-13-4-2-12/h5-6,13-17H,1-4,7H2. The molecule has 0 unspecified atom stereocenters. The maximum absolute atomic E-state index is 10.3. The number of aliphatic hydroxyl groups is 1. The molecule has 1 aromatic carbocycles. The Hall–Kier alpha value is -1.46. The predicted molar refractivity (Wildman–Crippen MR) is 62.2 cm³/mol. The van der Waals surface area contributed by atoms with E-state index in [1.165, 1.54) is 12.1 Å². The molecule has 0 amide bonds. The third kappa shape index (κ3) is 2.62. The molecule has 17 heavy (non-hydrogen) atoms. The lowest BCUT2D eigenvalue weighted by atomic mass is 9.85. The highest BCUT2D eigenvalue weighted by Crippen LogP contribution is 2.36. The van der Waals surface area contributed by atoms with Crippen LogP contribution in [0.15, 0.2) is 12.1 Å². The van der Waals surface area contributed by atoms with E-state index in [0.29, 0.717) is 12.8 Å². The van der Waals surface area contributed by atoms with Gasteiger partial charge in [0.1, 0.15) is 17.2 Å². The van der Waals surface area contributed by atoms with E-state index in [4.69, 9.17) is 0 Å². The fraction of sp³-hybridized carbons (Fsp3) is 0.500. The molecule has 1 aromatic rings. The molecule has 0 spiro atoms. The van der Waals surface area contributed by atoms with Crippen LogP contribution in [0.3, 0.4) is 0 Å². The lowest BCUT2D eigenvalue weighted by molar-refractivity contribution is 0.00987. The second-order valence-corrected chi connectivity index (χ2v) is 4.61. The summed E-state index contributed by atoms with van der Waals surface area (Å²) in [6, 6.07) is 2.33. The number of phenols is 3. The minimum atomic E-state index is -0.906. The molecule has 1 aliphatic rings. The van der Waals surface area contributed by atoms with Crippen molar-refractivity contribution in [1.29, 1.82) is 0 Å². The van der Waals surface area contributed by atoms with Gasteiger partial charge in [-0.05, 0) is 25.9 Å². The van der Waals surface area contributed by atoms with Crippen molar-refractivity contribution in [3.63, 3.8) is 0 Å². The molecule has 0 aliphatic carbocycles. The van der Waals surface area contributed by atoms with Crippen LogP contribution in [0.2, 0.25) is 0 Å². The maximum Gasteiger partial charge on any atom is 0.126 e. The van der Waals surface area contributed by atoms with Crippen LogP contribution in [0.25, 0.3) is 0 Å². The zero-order valence-corrected chi connectivity index (χ0v) is 9.48. The Balaban J connectivity index is 2.23. The summed E-state index contributed by atoms with van der Waals surface area (Å²) in [5.74, 6) is -0.565. The third-order valence-corrected chi connectivity index (χ3v) is 3.23. The van der Waals surface area contributed by atoms with Crippen LogP contribution in [0, 0.1) is 0 Å². The van der Waals surface area contributed by atoms with E-state index in [9.17, 15) is 20.4 Å². The number of aromatic hydroxyl groups is 3. The molecule has 5 nitrogen and oxygen atoms in total. The largest absolute Gasteiger partial charge is 0.508 e. The first kappa shape index (κ1) is 12.0. The Bertz CT molecular complexity index is 390. The molecule has 0 radical (unpaired) electrons. The minimum Gasteiger partial charge on any atom is -0.508 e. The fourth-order valence-electron chi connectivity index (χ4n) is 2.21. The Kier molecular flexibility index (Phi) is 3.13. The van der Waals surface area contributed by atoms with Gasteiger partial charge in [0, 0.05) is 24.1 Å². The molecular weight excluding hydrogens is 222 g/mol. The summed E-state index contributed by atoms with van der Waals surface area (Å²) in [6.07, 6.45) is 1.34. The van der Waals surface area contributed by atoms with Crippen molar-refractivity contribution in [2.45, 2.75) is 24.9 Å². The number of hydrogen-bond donors (Lipinski definition) is 5. The highest BCUT2D eigenvalue weighted by Gasteiger charge is 2.31. The summed E-state index contributed by atoms with van der Waals surface area (Å²) in [5, 5.41) is 42.0. The van der Waals surface area contributed by atoms with Gasteiger partial charge < -0.3 is 25.7 Å². The van der Waals surface area contributed by atoms with E-state index in [1.807, 2.05) is 0 Å². The first-order valence-electron chi connectivity index (χ1n) is 5.67. The zero-order valence-electron chi connectivity index (χ0n) is 9.48. The van der Waals surface area contributed by atoms with Gasteiger partial charge in [0.15, 0.2) is 0 Å². The van der Waals surface area contributed by atoms with E-state index >= 15 is 0 Å². The number of phenolic OH excluding ortho intramolecular Hbond substituents is 3. The van der Waals surface area contributed by atoms with Crippen molar-refractivity contribution in [2.24, 2.45) is 0 Å². The average molecular weight is 239 g/mol. The first-order valence-corrected chi connectivity index (χ1v) is 5.67. The van der Waals surface area contributed by atoms with Crippen molar-refractivity contribution >= 4 is 0 Å². The molecular formula is C12H17NO4. The van der Waals surface area contributed by atoms with Gasteiger partial charge >= 0.3 is 0 Å². The Morgan fingerprint density at radius 1 is 1.06 bits per heavy atom. The molecule has 94 valence electrons. The second kappa shape index (κ2) is 4.43. The summed E-state index contributed by atoms with van der Waals surface area (Å²) in [5.41, 5.74) is -0.621. The normalized spacial score (nSPS) is 19.1. The molecule has 1 aliphatic heterocycles. The van der Waals surface area contributed by atoms with Gasteiger partial charge in [-0.25, -0.2) is 0 Å². The van der Waals surface area contributed by atoms with Crippen LogP contribution in [-0.2, 0) is 6.42 Å². The lowest BCUT2D eigenvalue weighted by Gasteiger charge is -2.33. The smallest absolute Gasteiger partial charge is 0.126 e. The summed E-state index contributed by atoms with van der Waals surface area (Å²) < 4.78 is 0. The Labute approximate surface area is 99.3 Å². The molecule has 5 heteroatoms. The Morgan fingerprint density at radius 3 is 2.12 bits per heavy atom. The quantitative estimate of drug-likeness (QED) is 0.517. The number of benzene rings is 1. The summed E-state index contributed by atoms with van der Waals surface area (Å²) in [6.45, 7) is 1.44. The predicted octanol–water partition coefficient (Wildman–Crippen LogP) is 0.460. The van der Waals surface area contributed by atoms with Crippen LogP contribution in [0.5, 0.6) is 17.2 Å². The minimum absolute atomic E-state index is 0.186. The molecule has 5 N–H and O–H groups in total. The maximum atomic E-state index is 10.3.